The molecular formula is C77H150O17P2. The zero-order chi connectivity index (χ0) is 71.0. The van der Waals surface area contributed by atoms with E-state index in [1.807, 2.05) is 0 Å². The quantitative estimate of drug-likeness (QED) is 0.0222. The van der Waals surface area contributed by atoms with Crippen LogP contribution in [0.4, 0.5) is 0 Å². The maximum Gasteiger partial charge on any atom is 0.472 e. The molecule has 0 saturated heterocycles. The van der Waals surface area contributed by atoms with Crippen molar-refractivity contribution in [2.75, 3.05) is 39.6 Å². The van der Waals surface area contributed by atoms with Gasteiger partial charge in [-0.25, -0.2) is 9.13 Å². The highest BCUT2D eigenvalue weighted by Crippen LogP contribution is 2.45. The second-order valence-electron chi connectivity index (χ2n) is 29.4. The molecule has 0 heterocycles. The van der Waals surface area contributed by atoms with Crippen molar-refractivity contribution in [3.63, 3.8) is 0 Å². The fourth-order valence-electron chi connectivity index (χ4n) is 11.7. The van der Waals surface area contributed by atoms with Gasteiger partial charge in [0.05, 0.1) is 26.4 Å². The zero-order valence-corrected chi connectivity index (χ0v) is 64.8. The van der Waals surface area contributed by atoms with Crippen LogP contribution in [0.1, 0.15) is 389 Å². The molecule has 3 unspecified atom stereocenters. The minimum absolute atomic E-state index is 0.104. The predicted octanol–water partition coefficient (Wildman–Crippen LogP) is 22.4. The number of carbonyl (C=O) groups is 4. The second kappa shape index (κ2) is 66.3. The molecule has 0 aliphatic carbocycles. The molecule has 0 aromatic rings. The summed E-state index contributed by atoms with van der Waals surface area (Å²) in [7, 11) is -9.91. The predicted molar refractivity (Wildman–Crippen MR) is 391 cm³/mol. The van der Waals surface area contributed by atoms with Crippen molar-refractivity contribution in [1.82, 2.24) is 0 Å². The van der Waals surface area contributed by atoms with Gasteiger partial charge in [-0.1, -0.05) is 338 Å². The van der Waals surface area contributed by atoms with E-state index < -0.39 is 97.5 Å². The first kappa shape index (κ1) is 94.1. The lowest BCUT2D eigenvalue weighted by atomic mass is 10.00. The summed E-state index contributed by atoms with van der Waals surface area (Å²) in [4.78, 5) is 72.8. The standard InChI is InChI=1S/C77H150O17P2/c1-9-70(8)56-48-40-35-36-42-50-58-75(80)88-64-73(94-77(82)60-52-44-34-28-22-25-31-39-47-55-69(6)7)66-92-96(85,86)90-62-71(78)61-89-95(83,84)91-65-72(93-76(81)59-51-43-33-27-21-20-24-30-38-46-54-68(4)5)63-87-74(79)57-49-41-32-26-19-17-15-13-11-10-12-14-16-18-23-29-37-45-53-67(2)3/h67-73,78H,9-66H2,1-8H3,(H,83,84)(H,85,86)/t70?,71-,72-,73-/m1/s1. The van der Waals surface area contributed by atoms with Crippen LogP contribution in [0, 0.1) is 23.7 Å². The van der Waals surface area contributed by atoms with Crippen molar-refractivity contribution in [3.05, 3.63) is 0 Å². The van der Waals surface area contributed by atoms with Crippen LogP contribution < -0.4 is 0 Å². The normalized spacial score (nSPS) is 14.4. The van der Waals surface area contributed by atoms with E-state index in [9.17, 15) is 43.2 Å². The number of unbranched alkanes of at least 4 members (excludes halogenated alkanes) is 39. The summed E-state index contributed by atoms with van der Waals surface area (Å²) in [6, 6.07) is 0. The van der Waals surface area contributed by atoms with Gasteiger partial charge in [-0.3, -0.25) is 37.3 Å². The van der Waals surface area contributed by atoms with Crippen LogP contribution in [0.25, 0.3) is 0 Å². The largest absolute Gasteiger partial charge is 0.472 e. The smallest absolute Gasteiger partial charge is 0.462 e. The number of ether oxygens (including phenoxy) is 4. The first-order valence-corrected chi connectivity index (χ1v) is 42.7. The van der Waals surface area contributed by atoms with E-state index in [-0.39, 0.29) is 25.7 Å². The Morgan fingerprint density at radius 1 is 0.292 bits per heavy atom. The molecule has 0 aliphatic heterocycles. The molecule has 0 radical (unpaired) electrons. The number of rotatable bonds is 74. The Kier molecular flexibility index (Phi) is 65.0. The van der Waals surface area contributed by atoms with Gasteiger partial charge in [-0.2, -0.15) is 0 Å². The maximum atomic E-state index is 13.1. The zero-order valence-electron chi connectivity index (χ0n) is 63.0. The summed E-state index contributed by atoms with van der Waals surface area (Å²) in [5, 5.41) is 10.6. The molecule has 0 rings (SSSR count). The molecule has 0 aromatic heterocycles. The first-order chi connectivity index (χ1) is 46.1. The molecule has 96 heavy (non-hydrogen) atoms. The van der Waals surface area contributed by atoms with Crippen LogP contribution in [-0.4, -0.2) is 96.7 Å². The van der Waals surface area contributed by atoms with E-state index in [1.54, 1.807) is 0 Å². The molecular weight excluding hydrogens is 1260 g/mol. The van der Waals surface area contributed by atoms with Gasteiger partial charge in [0.2, 0.25) is 0 Å². The SMILES string of the molecule is CCC(C)CCCCCCCCC(=O)OC[C@H](COP(=O)(O)OC[C@H](O)COP(=O)(O)OC[C@@H](COC(=O)CCCCCCCCCCCCCCCCCCCCC(C)C)OC(=O)CCCCCCCCCCCCC(C)C)OC(=O)CCCCCCCCCCCC(C)C. The van der Waals surface area contributed by atoms with Crippen molar-refractivity contribution in [1.29, 1.82) is 0 Å². The summed E-state index contributed by atoms with van der Waals surface area (Å²) in [6.07, 6.45) is 51.5. The Labute approximate surface area is 588 Å². The Balaban J connectivity index is 5.19. The van der Waals surface area contributed by atoms with Crippen LogP contribution in [-0.2, 0) is 65.4 Å². The lowest BCUT2D eigenvalue weighted by Crippen LogP contribution is -2.30. The Morgan fingerprint density at radius 3 is 0.740 bits per heavy atom. The molecule has 0 aliphatic rings. The molecule has 0 bridgehead atoms. The van der Waals surface area contributed by atoms with Gasteiger partial charge in [0.1, 0.15) is 19.3 Å². The summed E-state index contributed by atoms with van der Waals surface area (Å²) in [5.41, 5.74) is 0. The van der Waals surface area contributed by atoms with Crippen molar-refractivity contribution in [3.8, 4) is 0 Å². The average Bonchev–Trinajstić information content (AvgIpc) is 1.88. The number of aliphatic hydroxyl groups is 1. The molecule has 6 atom stereocenters. The number of phosphoric acid groups is 2. The lowest BCUT2D eigenvalue weighted by molar-refractivity contribution is -0.161. The third-order valence-corrected chi connectivity index (χ3v) is 20.1. The van der Waals surface area contributed by atoms with Crippen molar-refractivity contribution in [2.24, 2.45) is 23.7 Å². The van der Waals surface area contributed by atoms with Gasteiger partial charge >= 0.3 is 39.5 Å². The second-order valence-corrected chi connectivity index (χ2v) is 32.3. The molecule has 3 N–H and O–H groups in total. The van der Waals surface area contributed by atoms with E-state index in [4.69, 9.17) is 37.0 Å². The third kappa shape index (κ3) is 69.2. The summed E-state index contributed by atoms with van der Waals surface area (Å²) >= 11 is 0. The van der Waals surface area contributed by atoms with Crippen molar-refractivity contribution in [2.45, 2.75) is 408 Å². The number of esters is 4. The minimum atomic E-state index is -4.96. The van der Waals surface area contributed by atoms with Crippen LogP contribution in [0.3, 0.4) is 0 Å². The van der Waals surface area contributed by atoms with Gasteiger partial charge in [0.15, 0.2) is 12.2 Å². The number of aliphatic hydroxyl groups excluding tert-OH is 1. The summed E-state index contributed by atoms with van der Waals surface area (Å²) < 4.78 is 68.5. The Bertz CT molecular complexity index is 1890. The van der Waals surface area contributed by atoms with Gasteiger partial charge in [-0.05, 0) is 49.4 Å². The molecule has 17 nitrogen and oxygen atoms in total. The van der Waals surface area contributed by atoms with Crippen LogP contribution in [0.2, 0.25) is 0 Å². The van der Waals surface area contributed by atoms with Gasteiger partial charge in [0.25, 0.3) is 0 Å². The Morgan fingerprint density at radius 2 is 0.500 bits per heavy atom. The third-order valence-electron chi connectivity index (χ3n) is 18.2. The molecule has 0 spiro atoms. The average molecular weight is 1410 g/mol. The fraction of sp³-hybridized carbons (Fsp3) is 0.948. The lowest BCUT2D eigenvalue weighted by Gasteiger charge is -2.21. The van der Waals surface area contributed by atoms with E-state index in [0.29, 0.717) is 25.7 Å². The number of hydrogen-bond donors (Lipinski definition) is 3. The van der Waals surface area contributed by atoms with Crippen molar-refractivity contribution < 1.29 is 80.2 Å². The maximum absolute atomic E-state index is 13.1. The molecule has 0 amide bonds. The van der Waals surface area contributed by atoms with Crippen molar-refractivity contribution >= 4 is 39.5 Å². The summed E-state index contributed by atoms with van der Waals surface area (Å²) in [6.45, 7) is 14.2. The van der Waals surface area contributed by atoms with Gasteiger partial charge < -0.3 is 33.8 Å². The highest BCUT2D eigenvalue weighted by molar-refractivity contribution is 7.47. The van der Waals surface area contributed by atoms with Gasteiger partial charge in [-0.15, -0.1) is 0 Å². The number of carbonyl (C=O) groups excluding carboxylic acids is 4. The fourth-order valence-corrected chi connectivity index (χ4v) is 13.3. The highest BCUT2D eigenvalue weighted by Gasteiger charge is 2.30. The molecule has 0 fully saturated rings. The number of phosphoric ester groups is 2. The van der Waals surface area contributed by atoms with E-state index >= 15 is 0 Å². The molecule has 0 saturated carbocycles. The molecule has 19 heteroatoms. The van der Waals surface area contributed by atoms with Crippen LogP contribution in [0.15, 0.2) is 0 Å². The molecule has 570 valence electrons. The topological polar surface area (TPSA) is 237 Å². The van der Waals surface area contributed by atoms with E-state index in [2.05, 4.69) is 55.4 Å². The molecule has 0 aromatic carbocycles. The monoisotopic (exact) mass is 1410 g/mol. The van der Waals surface area contributed by atoms with Crippen LogP contribution in [0.5, 0.6) is 0 Å². The number of hydrogen-bond acceptors (Lipinski definition) is 15. The highest BCUT2D eigenvalue weighted by atomic mass is 31.2. The van der Waals surface area contributed by atoms with Crippen LogP contribution >= 0.6 is 15.6 Å². The minimum Gasteiger partial charge on any atom is -0.462 e. The summed E-state index contributed by atoms with van der Waals surface area (Å²) in [5.74, 6) is 0.920. The van der Waals surface area contributed by atoms with E-state index in [1.165, 1.54) is 186 Å². The van der Waals surface area contributed by atoms with Gasteiger partial charge in [0, 0.05) is 25.7 Å². The Hall–Kier alpha value is -1.94. The van der Waals surface area contributed by atoms with E-state index in [0.717, 1.165) is 120 Å². The first-order valence-electron chi connectivity index (χ1n) is 39.7.